The summed E-state index contributed by atoms with van der Waals surface area (Å²) in [5, 5.41) is 9.98. The fraction of sp³-hybridized carbons (Fsp3) is 0.250. The number of thiazole rings is 1. The number of aryl methyl sites for hydroxylation is 2. The van der Waals surface area contributed by atoms with Crippen LogP contribution in [0.5, 0.6) is 0 Å². The minimum Gasteiger partial charge on any atom is -0.347 e. The summed E-state index contributed by atoms with van der Waals surface area (Å²) in [5.41, 5.74) is 3.88. The summed E-state index contributed by atoms with van der Waals surface area (Å²) in [6.07, 6.45) is 0.709. The zero-order valence-electron chi connectivity index (χ0n) is 12.9. The average molecular weight is 344 g/mol. The summed E-state index contributed by atoms with van der Waals surface area (Å²) in [6, 6.07) is 8.08. The largest absolute Gasteiger partial charge is 0.347 e. The number of benzene rings is 1. The molecule has 0 fully saturated rings. The molecule has 118 valence electrons. The molecule has 0 bridgehead atoms. The van der Waals surface area contributed by atoms with E-state index in [9.17, 15) is 4.79 Å². The third-order valence-corrected chi connectivity index (χ3v) is 4.96. The van der Waals surface area contributed by atoms with Crippen molar-refractivity contribution < 1.29 is 4.79 Å². The molecule has 0 saturated heterocycles. The number of carbonyl (C=O) groups is 1. The van der Waals surface area contributed by atoms with Gasteiger partial charge < -0.3 is 5.32 Å². The van der Waals surface area contributed by atoms with Gasteiger partial charge in [-0.05, 0) is 30.4 Å². The second kappa shape index (κ2) is 6.97. The Morgan fingerprint density at radius 2 is 2.04 bits per heavy atom. The SMILES string of the molecule is CCc1nnsc1C(=O)NCc1ccc(-c2csc(C)n2)cc1. The van der Waals surface area contributed by atoms with Crippen molar-refractivity contribution in [2.45, 2.75) is 26.8 Å². The summed E-state index contributed by atoms with van der Waals surface area (Å²) in [7, 11) is 0. The predicted molar refractivity (Wildman–Crippen MR) is 92.7 cm³/mol. The first-order valence-corrected chi connectivity index (χ1v) is 8.93. The number of hydrogen-bond donors (Lipinski definition) is 1. The molecule has 1 aromatic carbocycles. The molecular formula is C16H16N4OS2. The fourth-order valence-corrected chi connectivity index (χ4v) is 3.45. The van der Waals surface area contributed by atoms with Crippen molar-refractivity contribution in [3.63, 3.8) is 0 Å². The molecule has 3 rings (SSSR count). The van der Waals surface area contributed by atoms with E-state index in [1.54, 1.807) is 11.3 Å². The lowest BCUT2D eigenvalue weighted by atomic mass is 10.1. The maximum absolute atomic E-state index is 12.2. The van der Waals surface area contributed by atoms with Crippen molar-refractivity contribution in [3.8, 4) is 11.3 Å². The van der Waals surface area contributed by atoms with Gasteiger partial charge in [0, 0.05) is 17.5 Å². The highest BCUT2D eigenvalue weighted by Gasteiger charge is 2.14. The molecule has 7 heteroatoms. The third kappa shape index (κ3) is 3.62. The van der Waals surface area contributed by atoms with Crippen LogP contribution in [-0.2, 0) is 13.0 Å². The molecule has 5 nitrogen and oxygen atoms in total. The van der Waals surface area contributed by atoms with Gasteiger partial charge in [-0.25, -0.2) is 4.98 Å². The minimum absolute atomic E-state index is 0.115. The van der Waals surface area contributed by atoms with Crippen molar-refractivity contribution in [2.24, 2.45) is 0 Å². The minimum atomic E-state index is -0.115. The van der Waals surface area contributed by atoms with E-state index in [-0.39, 0.29) is 5.91 Å². The lowest BCUT2D eigenvalue weighted by molar-refractivity contribution is 0.0954. The highest BCUT2D eigenvalue weighted by Crippen LogP contribution is 2.21. The Bertz CT molecular complexity index is 808. The number of hydrogen-bond acceptors (Lipinski definition) is 6. The Labute approximate surface area is 142 Å². The molecule has 1 amide bonds. The standard InChI is InChI=1S/C16H16N4OS2/c1-3-13-15(23-20-19-13)16(21)17-8-11-4-6-12(7-5-11)14-9-22-10(2)18-14/h4-7,9H,3,8H2,1-2H3,(H,17,21). The van der Waals surface area contributed by atoms with Crippen LogP contribution < -0.4 is 5.32 Å². The summed E-state index contributed by atoms with van der Waals surface area (Å²) in [5.74, 6) is -0.115. The maximum atomic E-state index is 12.2. The zero-order chi connectivity index (χ0) is 16.2. The van der Waals surface area contributed by atoms with Crippen LogP contribution in [0.3, 0.4) is 0 Å². The Morgan fingerprint density at radius 3 is 2.70 bits per heavy atom. The van der Waals surface area contributed by atoms with Gasteiger partial charge in [-0.2, -0.15) is 0 Å². The summed E-state index contributed by atoms with van der Waals surface area (Å²) < 4.78 is 3.84. The Hall–Kier alpha value is -2.12. The van der Waals surface area contributed by atoms with E-state index in [1.165, 1.54) is 0 Å². The smallest absolute Gasteiger partial charge is 0.265 e. The van der Waals surface area contributed by atoms with Crippen molar-refractivity contribution in [1.82, 2.24) is 19.9 Å². The Morgan fingerprint density at radius 1 is 1.26 bits per heavy atom. The van der Waals surface area contributed by atoms with E-state index >= 15 is 0 Å². The molecule has 0 aliphatic heterocycles. The number of amides is 1. The molecule has 0 radical (unpaired) electrons. The molecule has 23 heavy (non-hydrogen) atoms. The van der Waals surface area contributed by atoms with Crippen LogP contribution in [-0.4, -0.2) is 20.5 Å². The van der Waals surface area contributed by atoms with Crippen molar-refractivity contribution in [3.05, 3.63) is 50.8 Å². The number of aromatic nitrogens is 3. The second-order valence-corrected chi connectivity index (χ2v) is 6.85. The van der Waals surface area contributed by atoms with E-state index in [1.807, 2.05) is 38.1 Å². The van der Waals surface area contributed by atoms with Crippen molar-refractivity contribution in [2.75, 3.05) is 0 Å². The second-order valence-electron chi connectivity index (χ2n) is 5.03. The third-order valence-electron chi connectivity index (χ3n) is 3.42. The zero-order valence-corrected chi connectivity index (χ0v) is 14.5. The van der Waals surface area contributed by atoms with E-state index in [2.05, 4.69) is 25.3 Å². The first-order valence-electron chi connectivity index (χ1n) is 7.28. The molecule has 0 aliphatic rings. The van der Waals surface area contributed by atoms with E-state index < -0.39 is 0 Å². The molecule has 0 unspecified atom stereocenters. The van der Waals surface area contributed by atoms with E-state index in [0.717, 1.165) is 39.1 Å². The first kappa shape index (κ1) is 15.8. The van der Waals surface area contributed by atoms with Crippen LogP contribution in [0.15, 0.2) is 29.6 Å². The first-order chi connectivity index (χ1) is 11.2. The molecule has 2 heterocycles. The highest BCUT2D eigenvalue weighted by atomic mass is 32.1. The molecule has 1 N–H and O–H groups in total. The van der Waals surface area contributed by atoms with Crippen LogP contribution in [0, 0.1) is 6.92 Å². The molecule has 0 saturated carbocycles. The normalized spacial score (nSPS) is 10.7. The fourth-order valence-electron chi connectivity index (χ4n) is 2.16. The summed E-state index contributed by atoms with van der Waals surface area (Å²) in [4.78, 5) is 17.2. The van der Waals surface area contributed by atoms with E-state index in [4.69, 9.17) is 0 Å². The van der Waals surface area contributed by atoms with Gasteiger partial charge in [0.05, 0.1) is 16.4 Å². The Kier molecular flexibility index (Phi) is 4.78. The van der Waals surface area contributed by atoms with Crippen LogP contribution >= 0.6 is 22.9 Å². The molecule has 2 aromatic heterocycles. The molecule has 0 atom stereocenters. The quantitative estimate of drug-likeness (QED) is 0.769. The van der Waals surface area contributed by atoms with Gasteiger partial charge in [0.1, 0.15) is 4.88 Å². The van der Waals surface area contributed by atoms with Gasteiger partial charge in [0.15, 0.2) is 0 Å². The number of nitrogens with zero attached hydrogens (tertiary/aromatic N) is 3. The highest BCUT2D eigenvalue weighted by molar-refractivity contribution is 7.09. The molecule has 0 spiro atoms. The van der Waals surface area contributed by atoms with Crippen molar-refractivity contribution in [1.29, 1.82) is 0 Å². The van der Waals surface area contributed by atoms with Gasteiger partial charge >= 0.3 is 0 Å². The maximum Gasteiger partial charge on any atom is 0.265 e. The monoisotopic (exact) mass is 344 g/mol. The topological polar surface area (TPSA) is 67.8 Å². The van der Waals surface area contributed by atoms with Crippen molar-refractivity contribution >= 4 is 28.8 Å². The van der Waals surface area contributed by atoms with E-state index in [0.29, 0.717) is 17.8 Å². The molecule has 0 aliphatic carbocycles. The van der Waals surface area contributed by atoms with Crippen LogP contribution in [0.25, 0.3) is 11.3 Å². The van der Waals surface area contributed by atoms with Crippen LogP contribution in [0.2, 0.25) is 0 Å². The summed E-state index contributed by atoms with van der Waals surface area (Å²) >= 11 is 2.78. The van der Waals surface area contributed by atoms with Gasteiger partial charge in [-0.3, -0.25) is 4.79 Å². The number of carbonyl (C=O) groups excluding carboxylic acids is 1. The van der Waals surface area contributed by atoms with Gasteiger partial charge in [0.2, 0.25) is 0 Å². The Balaban J connectivity index is 1.64. The van der Waals surface area contributed by atoms with Gasteiger partial charge in [0.25, 0.3) is 5.91 Å². The summed E-state index contributed by atoms with van der Waals surface area (Å²) in [6.45, 7) is 4.44. The average Bonchev–Trinajstić information content (AvgIpc) is 3.21. The number of rotatable bonds is 5. The lowest BCUT2D eigenvalue weighted by Gasteiger charge is -2.05. The molecule has 3 aromatic rings. The van der Waals surface area contributed by atoms with Gasteiger partial charge in [-0.1, -0.05) is 35.7 Å². The number of nitrogens with one attached hydrogen (secondary N) is 1. The lowest BCUT2D eigenvalue weighted by Crippen LogP contribution is -2.22. The predicted octanol–water partition coefficient (Wildman–Crippen LogP) is 3.46. The molecular weight excluding hydrogens is 328 g/mol. The van der Waals surface area contributed by atoms with Crippen LogP contribution in [0.1, 0.15) is 32.9 Å². The van der Waals surface area contributed by atoms with Gasteiger partial charge in [-0.15, -0.1) is 16.4 Å². The van der Waals surface area contributed by atoms with Crippen LogP contribution in [0.4, 0.5) is 0 Å².